The molecule has 2 aliphatic heterocycles. The largest absolute Gasteiger partial charge is 0.497 e. The van der Waals surface area contributed by atoms with Gasteiger partial charge in [0.2, 0.25) is 16.7 Å². The van der Waals surface area contributed by atoms with Crippen LogP contribution in [0.15, 0.2) is 72.8 Å². The molecule has 1 fully saturated rings. The fourth-order valence-electron chi connectivity index (χ4n) is 4.32. The van der Waals surface area contributed by atoms with E-state index in [9.17, 15) is 14.4 Å². The molecule has 0 bridgehead atoms. The van der Waals surface area contributed by atoms with Gasteiger partial charge in [-0.15, -0.1) is 11.8 Å². The lowest BCUT2D eigenvalue weighted by Crippen LogP contribution is -2.50. The van der Waals surface area contributed by atoms with Crippen LogP contribution in [0.25, 0.3) is 0 Å². The molecule has 1 N–H and O–H groups in total. The summed E-state index contributed by atoms with van der Waals surface area (Å²) in [6.07, 6.45) is 0. The number of methoxy groups -OCH3 is 1. The van der Waals surface area contributed by atoms with E-state index in [1.165, 1.54) is 21.6 Å². The monoisotopic (exact) mass is 493 g/mol. The molecule has 1 spiro atoms. The zero-order valence-electron chi connectivity index (χ0n) is 18.2. The van der Waals surface area contributed by atoms with Crippen LogP contribution in [0.5, 0.6) is 5.75 Å². The van der Waals surface area contributed by atoms with Crippen LogP contribution < -0.4 is 19.9 Å². The highest BCUT2D eigenvalue weighted by Gasteiger charge is 2.61. The normalized spacial score (nSPS) is 19.0. The molecule has 0 aromatic heterocycles. The second-order valence-corrected chi connectivity index (χ2v) is 9.43. The lowest BCUT2D eigenvalue weighted by Gasteiger charge is -2.33. The molecule has 0 saturated carbocycles. The number of benzene rings is 3. The molecule has 9 heteroatoms. The number of thioether (sulfide) groups is 1. The molecule has 0 radical (unpaired) electrons. The molecule has 3 amide bonds. The zero-order chi connectivity index (χ0) is 23.9. The van der Waals surface area contributed by atoms with E-state index in [0.29, 0.717) is 33.4 Å². The van der Waals surface area contributed by atoms with Crippen molar-refractivity contribution in [3.8, 4) is 5.75 Å². The number of hydrogen-bond acceptors (Lipinski definition) is 5. The quantitative estimate of drug-likeness (QED) is 0.574. The van der Waals surface area contributed by atoms with Crippen LogP contribution in [0, 0.1) is 0 Å². The van der Waals surface area contributed by atoms with Crippen molar-refractivity contribution in [1.82, 2.24) is 0 Å². The van der Waals surface area contributed by atoms with Crippen LogP contribution >= 0.6 is 23.4 Å². The maximum absolute atomic E-state index is 13.9. The van der Waals surface area contributed by atoms with Crippen LogP contribution in [-0.4, -0.2) is 37.1 Å². The summed E-state index contributed by atoms with van der Waals surface area (Å²) in [5, 5.41) is 3.35. The van der Waals surface area contributed by atoms with Gasteiger partial charge < -0.3 is 10.1 Å². The number of para-hydroxylation sites is 1. The van der Waals surface area contributed by atoms with Crippen molar-refractivity contribution in [2.75, 3.05) is 34.5 Å². The number of fused-ring (bicyclic) bond motifs is 2. The van der Waals surface area contributed by atoms with Crippen molar-refractivity contribution >= 4 is 58.1 Å². The van der Waals surface area contributed by atoms with E-state index >= 15 is 0 Å². The smallest absolute Gasteiger partial charge is 0.269 e. The number of rotatable bonds is 5. The Morgan fingerprint density at radius 2 is 1.76 bits per heavy atom. The van der Waals surface area contributed by atoms with E-state index in [2.05, 4.69) is 5.32 Å². The molecule has 3 aromatic rings. The first-order valence-corrected chi connectivity index (χ1v) is 11.9. The van der Waals surface area contributed by atoms with Gasteiger partial charge >= 0.3 is 0 Å². The summed E-state index contributed by atoms with van der Waals surface area (Å²) in [4.78, 5) is 41.5. The summed E-state index contributed by atoms with van der Waals surface area (Å²) in [7, 11) is 1.57. The van der Waals surface area contributed by atoms with Gasteiger partial charge in [0.15, 0.2) is 0 Å². The minimum atomic E-state index is -1.28. The molecule has 172 valence electrons. The Morgan fingerprint density at radius 1 is 1.06 bits per heavy atom. The number of amides is 3. The van der Waals surface area contributed by atoms with Gasteiger partial charge in [0.25, 0.3) is 5.91 Å². The summed E-state index contributed by atoms with van der Waals surface area (Å²) < 4.78 is 5.14. The predicted molar refractivity (Wildman–Crippen MR) is 133 cm³/mol. The summed E-state index contributed by atoms with van der Waals surface area (Å²) in [6, 6.07) is 21.0. The number of halogens is 1. The number of anilines is 3. The second-order valence-electron chi connectivity index (χ2n) is 7.82. The molecule has 1 atom stereocenters. The predicted octanol–water partition coefficient (Wildman–Crippen LogP) is 4.27. The Balaban J connectivity index is 1.48. The van der Waals surface area contributed by atoms with E-state index < -0.39 is 4.87 Å². The van der Waals surface area contributed by atoms with E-state index in [4.69, 9.17) is 16.3 Å². The maximum atomic E-state index is 13.9. The summed E-state index contributed by atoms with van der Waals surface area (Å²) in [5.74, 6) is -0.0369. The third-order valence-corrected chi connectivity index (χ3v) is 7.46. The molecule has 7 nitrogen and oxygen atoms in total. The Morgan fingerprint density at radius 3 is 2.47 bits per heavy atom. The molecule has 0 aliphatic carbocycles. The molecule has 3 aromatic carbocycles. The van der Waals surface area contributed by atoms with Crippen LogP contribution in [0.2, 0.25) is 5.02 Å². The number of carbonyl (C=O) groups is 3. The fraction of sp³-hybridized carbons (Fsp3) is 0.160. The van der Waals surface area contributed by atoms with E-state index in [1.807, 2.05) is 18.2 Å². The summed E-state index contributed by atoms with van der Waals surface area (Å²) in [6.45, 7) is -0.188. The van der Waals surface area contributed by atoms with Crippen molar-refractivity contribution in [1.29, 1.82) is 0 Å². The maximum Gasteiger partial charge on any atom is 0.269 e. The third kappa shape index (κ3) is 3.59. The molecule has 2 aliphatic rings. The average Bonchev–Trinajstić information content (AvgIpc) is 3.31. The fourth-order valence-corrected chi connectivity index (χ4v) is 5.81. The van der Waals surface area contributed by atoms with Gasteiger partial charge in [0, 0.05) is 22.0 Å². The van der Waals surface area contributed by atoms with Crippen LogP contribution in [-0.2, 0) is 19.3 Å². The number of carbonyl (C=O) groups excluding carboxylic acids is 3. The van der Waals surface area contributed by atoms with E-state index in [1.54, 1.807) is 61.7 Å². The Kier molecular flexibility index (Phi) is 5.71. The molecular formula is C25H20ClN3O4S. The van der Waals surface area contributed by atoms with Gasteiger partial charge in [-0.1, -0.05) is 29.8 Å². The first-order valence-electron chi connectivity index (χ1n) is 10.5. The van der Waals surface area contributed by atoms with Crippen LogP contribution in [0.3, 0.4) is 0 Å². The first kappa shape index (κ1) is 22.3. The Labute approximate surface area is 205 Å². The molecular weight excluding hydrogens is 474 g/mol. The van der Waals surface area contributed by atoms with Gasteiger partial charge in [0.1, 0.15) is 12.3 Å². The van der Waals surface area contributed by atoms with Gasteiger partial charge in [0.05, 0.1) is 18.6 Å². The van der Waals surface area contributed by atoms with Crippen molar-refractivity contribution in [2.45, 2.75) is 4.87 Å². The van der Waals surface area contributed by atoms with Crippen molar-refractivity contribution in [3.63, 3.8) is 0 Å². The number of hydrogen-bond donors (Lipinski definition) is 1. The molecule has 34 heavy (non-hydrogen) atoms. The van der Waals surface area contributed by atoms with Crippen LogP contribution in [0.1, 0.15) is 5.56 Å². The highest BCUT2D eigenvalue weighted by atomic mass is 35.5. The minimum Gasteiger partial charge on any atom is -0.497 e. The lowest BCUT2D eigenvalue weighted by atomic mass is 10.0. The zero-order valence-corrected chi connectivity index (χ0v) is 19.7. The molecule has 1 unspecified atom stereocenters. The van der Waals surface area contributed by atoms with Crippen molar-refractivity contribution < 1.29 is 19.1 Å². The van der Waals surface area contributed by atoms with E-state index in [0.717, 1.165) is 0 Å². The van der Waals surface area contributed by atoms with Gasteiger partial charge in [-0.25, -0.2) is 0 Å². The highest BCUT2D eigenvalue weighted by molar-refractivity contribution is 8.02. The van der Waals surface area contributed by atoms with Gasteiger partial charge in [-0.2, -0.15) is 0 Å². The summed E-state index contributed by atoms with van der Waals surface area (Å²) in [5.41, 5.74) is 2.46. The number of nitrogens with zero attached hydrogens (tertiary/aromatic N) is 2. The second kappa shape index (κ2) is 8.70. The lowest BCUT2D eigenvalue weighted by molar-refractivity contribution is -0.124. The van der Waals surface area contributed by atoms with Gasteiger partial charge in [-0.3, -0.25) is 24.2 Å². The Hall–Kier alpha value is -3.49. The first-order chi connectivity index (χ1) is 16.4. The number of nitrogens with one attached hydrogen (secondary N) is 1. The van der Waals surface area contributed by atoms with E-state index in [-0.39, 0.29) is 30.0 Å². The van der Waals surface area contributed by atoms with Crippen molar-refractivity contribution in [3.05, 3.63) is 83.4 Å². The minimum absolute atomic E-state index is 0.147. The Bertz CT molecular complexity index is 1280. The summed E-state index contributed by atoms with van der Waals surface area (Å²) >= 11 is 7.31. The van der Waals surface area contributed by atoms with Crippen LogP contribution in [0.4, 0.5) is 17.1 Å². The third-order valence-electron chi connectivity index (χ3n) is 5.82. The molecule has 5 rings (SSSR count). The highest BCUT2D eigenvalue weighted by Crippen LogP contribution is 2.55. The standard InChI is InChI=1S/C25H20ClN3O4S/c1-33-19-12-8-17(9-13-19)27-22(30)14-28-21-5-3-2-4-20(21)25(24(28)32)29(23(31)15-34-25)18-10-6-16(26)7-11-18/h2-13H,14-15H2,1H3,(H,27,30). The average molecular weight is 494 g/mol. The SMILES string of the molecule is COc1ccc(NC(=O)CN2C(=O)C3(SCC(=O)N3c3ccc(Cl)cc3)c3ccccc32)cc1. The molecule has 1 saturated heterocycles. The number of ether oxygens (including phenoxy) is 1. The topological polar surface area (TPSA) is 79.0 Å². The molecule has 2 heterocycles. The van der Waals surface area contributed by atoms with Crippen molar-refractivity contribution in [2.24, 2.45) is 0 Å². The van der Waals surface area contributed by atoms with Gasteiger partial charge in [-0.05, 0) is 54.6 Å².